The smallest absolute Gasteiger partial charge is 0.222 e. The second-order valence-corrected chi connectivity index (χ2v) is 8.32. The lowest BCUT2D eigenvalue weighted by atomic mass is 10.1. The van der Waals surface area contributed by atoms with Crippen LogP contribution in [0.15, 0.2) is 53.0 Å². The third kappa shape index (κ3) is 6.42. The average Bonchev–Trinajstić information content (AvgIpc) is 2.94. The number of carbonyl (C=O) groups excluding carboxylic acids is 1. The van der Waals surface area contributed by atoms with E-state index in [0.29, 0.717) is 18.4 Å². The molecular weight excluding hydrogens is 419 g/mol. The number of carbonyl (C=O) groups is 1. The molecule has 0 radical (unpaired) electrons. The lowest BCUT2D eigenvalue weighted by Crippen LogP contribution is -2.35. The molecule has 0 atom stereocenters. The molecule has 0 bridgehead atoms. The van der Waals surface area contributed by atoms with Gasteiger partial charge >= 0.3 is 0 Å². The summed E-state index contributed by atoms with van der Waals surface area (Å²) < 4.78 is 14.7. The summed E-state index contributed by atoms with van der Waals surface area (Å²) in [5.74, 6) is -0.115. The summed E-state index contributed by atoms with van der Waals surface area (Å²) in [4.78, 5) is 17.0. The summed E-state index contributed by atoms with van der Waals surface area (Å²) in [6.07, 6.45) is 4.06. The van der Waals surface area contributed by atoms with Crippen molar-refractivity contribution in [2.45, 2.75) is 32.1 Å². The Morgan fingerprint density at radius 1 is 1.00 bits per heavy atom. The molecule has 150 valence electrons. The van der Waals surface area contributed by atoms with Crippen LogP contribution in [0, 0.1) is 5.82 Å². The Bertz CT molecular complexity index is 768. The monoisotopic (exact) mass is 446 g/mol. The molecule has 1 heterocycles. The molecule has 1 amide bonds. The van der Waals surface area contributed by atoms with Gasteiger partial charge in [0.05, 0.1) is 0 Å². The van der Waals surface area contributed by atoms with Crippen molar-refractivity contribution in [3.63, 3.8) is 0 Å². The van der Waals surface area contributed by atoms with Crippen molar-refractivity contribution < 1.29 is 9.18 Å². The van der Waals surface area contributed by atoms with Crippen molar-refractivity contribution >= 4 is 21.8 Å². The van der Waals surface area contributed by atoms with Crippen LogP contribution in [-0.4, -0.2) is 48.4 Å². The van der Waals surface area contributed by atoms with E-state index in [9.17, 15) is 9.18 Å². The molecule has 0 N–H and O–H groups in total. The molecule has 1 aliphatic heterocycles. The molecule has 0 saturated carbocycles. The Hall–Kier alpha value is -1.72. The van der Waals surface area contributed by atoms with Gasteiger partial charge < -0.3 is 9.80 Å². The lowest BCUT2D eigenvalue weighted by Gasteiger charge is -2.22. The molecule has 0 aromatic heterocycles. The van der Waals surface area contributed by atoms with Gasteiger partial charge in [-0.25, -0.2) is 4.39 Å². The van der Waals surface area contributed by atoms with E-state index in [0.717, 1.165) is 56.5 Å². The predicted octanol–water partition coefficient (Wildman–Crippen LogP) is 4.69. The first-order chi connectivity index (χ1) is 13.6. The molecule has 1 fully saturated rings. The maximum atomic E-state index is 13.9. The van der Waals surface area contributed by atoms with Gasteiger partial charge in [0, 0.05) is 30.5 Å². The molecule has 5 heteroatoms. The topological polar surface area (TPSA) is 23.6 Å². The number of hydrogen-bond donors (Lipinski definition) is 0. The molecule has 28 heavy (non-hydrogen) atoms. The van der Waals surface area contributed by atoms with Crippen LogP contribution in [-0.2, 0) is 17.6 Å². The van der Waals surface area contributed by atoms with Crippen LogP contribution in [0.3, 0.4) is 0 Å². The summed E-state index contributed by atoms with van der Waals surface area (Å²) in [6, 6.07) is 15.6. The van der Waals surface area contributed by atoms with E-state index in [-0.39, 0.29) is 11.7 Å². The molecule has 0 aliphatic carbocycles. The molecule has 0 unspecified atom stereocenters. The highest BCUT2D eigenvalue weighted by atomic mass is 79.9. The first-order valence-corrected chi connectivity index (χ1v) is 10.9. The molecule has 3 nitrogen and oxygen atoms in total. The van der Waals surface area contributed by atoms with Crippen molar-refractivity contribution in [1.82, 2.24) is 9.80 Å². The highest BCUT2D eigenvalue weighted by molar-refractivity contribution is 9.10. The van der Waals surface area contributed by atoms with E-state index in [4.69, 9.17) is 0 Å². The van der Waals surface area contributed by atoms with Crippen LogP contribution < -0.4 is 0 Å². The van der Waals surface area contributed by atoms with Gasteiger partial charge in [-0.3, -0.25) is 4.79 Å². The van der Waals surface area contributed by atoms with Gasteiger partial charge in [-0.2, -0.15) is 0 Å². The van der Waals surface area contributed by atoms with Gasteiger partial charge in [0.25, 0.3) is 0 Å². The first kappa shape index (κ1) is 21.0. The van der Waals surface area contributed by atoms with E-state index in [1.54, 1.807) is 6.07 Å². The first-order valence-electron chi connectivity index (χ1n) is 10.1. The molecular formula is C23H28BrFN2O. The lowest BCUT2D eigenvalue weighted by molar-refractivity contribution is -0.131. The van der Waals surface area contributed by atoms with Crippen molar-refractivity contribution in [2.24, 2.45) is 0 Å². The highest BCUT2D eigenvalue weighted by Crippen LogP contribution is 2.17. The average molecular weight is 447 g/mol. The summed E-state index contributed by atoms with van der Waals surface area (Å²) in [6.45, 7) is 4.61. The van der Waals surface area contributed by atoms with Gasteiger partial charge in [0.1, 0.15) is 5.82 Å². The molecule has 2 aromatic rings. The molecule has 3 rings (SSSR count). The summed E-state index contributed by atoms with van der Waals surface area (Å²) in [5, 5.41) is 0. The van der Waals surface area contributed by atoms with Crippen LogP contribution in [0.2, 0.25) is 0 Å². The Labute approximate surface area is 175 Å². The van der Waals surface area contributed by atoms with Gasteiger partial charge in [-0.15, -0.1) is 0 Å². The molecule has 0 spiro atoms. The maximum absolute atomic E-state index is 13.9. The van der Waals surface area contributed by atoms with Crippen molar-refractivity contribution in [1.29, 1.82) is 0 Å². The fourth-order valence-corrected chi connectivity index (χ4v) is 4.05. The minimum atomic E-state index is -0.248. The van der Waals surface area contributed by atoms with E-state index in [1.807, 2.05) is 11.0 Å². The molecule has 1 saturated heterocycles. The van der Waals surface area contributed by atoms with Crippen LogP contribution in [0.5, 0.6) is 0 Å². The van der Waals surface area contributed by atoms with E-state index >= 15 is 0 Å². The van der Waals surface area contributed by atoms with Crippen LogP contribution in [0.4, 0.5) is 4.39 Å². The van der Waals surface area contributed by atoms with E-state index < -0.39 is 0 Å². The summed E-state index contributed by atoms with van der Waals surface area (Å²) >= 11 is 3.26. The summed E-state index contributed by atoms with van der Waals surface area (Å²) in [7, 11) is 0. The van der Waals surface area contributed by atoms with Crippen LogP contribution in [0.25, 0.3) is 0 Å². The quantitative estimate of drug-likeness (QED) is 0.615. The zero-order valence-corrected chi connectivity index (χ0v) is 17.8. The van der Waals surface area contributed by atoms with E-state index in [2.05, 4.69) is 51.2 Å². The molecule has 1 aliphatic rings. The standard InChI is InChI=1S/C23H28BrFN2O/c24-21-11-9-20(22(25)18-21)10-12-23(28)27-15-5-14-26(16-17-27)13-4-8-19-6-2-1-3-7-19/h1-3,6-7,9,11,18H,4-5,8,10,12-17H2. The zero-order valence-electron chi connectivity index (χ0n) is 16.2. The van der Waals surface area contributed by atoms with Crippen molar-refractivity contribution in [3.05, 3.63) is 69.9 Å². The van der Waals surface area contributed by atoms with Gasteiger partial charge in [-0.05, 0) is 62.0 Å². The fourth-order valence-electron chi connectivity index (χ4n) is 3.72. The number of hydrogen-bond acceptors (Lipinski definition) is 2. The number of benzene rings is 2. The zero-order chi connectivity index (χ0) is 19.8. The Morgan fingerprint density at radius 3 is 2.61 bits per heavy atom. The predicted molar refractivity (Wildman–Crippen MR) is 115 cm³/mol. The Balaban J connectivity index is 1.40. The van der Waals surface area contributed by atoms with E-state index in [1.165, 1.54) is 11.6 Å². The van der Waals surface area contributed by atoms with Crippen molar-refractivity contribution in [3.8, 4) is 0 Å². The number of nitrogens with zero attached hydrogens (tertiary/aromatic N) is 2. The van der Waals surface area contributed by atoms with Crippen LogP contribution in [0.1, 0.15) is 30.4 Å². The minimum Gasteiger partial charge on any atom is -0.341 e. The SMILES string of the molecule is O=C(CCc1ccc(Br)cc1F)N1CCCN(CCCc2ccccc2)CC1. The largest absolute Gasteiger partial charge is 0.341 e. The number of amides is 1. The van der Waals surface area contributed by atoms with Crippen LogP contribution >= 0.6 is 15.9 Å². The Kier molecular flexibility index (Phi) is 8.04. The molecule has 2 aromatic carbocycles. The summed E-state index contributed by atoms with van der Waals surface area (Å²) in [5.41, 5.74) is 1.99. The second-order valence-electron chi connectivity index (χ2n) is 7.40. The minimum absolute atomic E-state index is 0.133. The number of rotatable bonds is 7. The third-order valence-electron chi connectivity index (χ3n) is 5.35. The van der Waals surface area contributed by atoms with Crippen molar-refractivity contribution in [2.75, 3.05) is 32.7 Å². The van der Waals surface area contributed by atoms with Gasteiger partial charge in [0.15, 0.2) is 0 Å². The fraction of sp³-hybridized carbons (Fsp3) is 0.435. The van der Waals surface area contributed by atoms with Gasteiger partial charge in [-0.1, -0.05) is 52.3 Å². The highest BCUT2D eigenvalue weighted by Gasteiger charge is 2.19. The number of aryl methyl sites for hydroxylation is 2. The second kappa shape index (κ2) is 10.7. The maximum Gasteiger partial charge on any atom is 0.222 e. The normalized spacial score (nSPS) is 15.4. The Morgan fingerprint density at radius 2 is 1.82 bits per heavy atom. The van der Waals surface area contributed by atoms with Gasteiger partial charge in [0.2, 0.25) is 5.91 Å². The number of halogens is 2. The third-order valence-corrected chi connectivity index (χ3v) is 5.84.